The Bertz CT molecular complexity index is 499. The molecule has 0 bridgehead atoms. The van der Waals surface area contributed by atoms with Gasteiger partial charge in [0.25, 0.3) is 0 Å². The van der Waals surface area contributed by atoms with Gasteiger partial charge in [0.1, 0.15) is 0 Å². The standard InChI is InChI=1S/C17H24N2O2/c20-12-4-10-18(15-6-3-7-15)13-17(21)19-11-9-14-5-1-2-8-16(14)19/h1-2,5,8,15,20H,3-4,6-7,9-13H2. The van der Waals surface area contributed by atoms with Crippen molar-refractivity contribution in [1.29, 1.82) is 0 Å². The Morgan fingerprint density at radius 2 is 2.14 bits per heavy atom. The summed E-state index contributed by atoms with van der Waals surface area (Å²) in [5.74, 6) is 0.199. The third-order valence-corrected chi connectivity index (χ3v) is 4.72. The maximum absolute atomic E-state index is 12.6. The fraction of sp³-hybridized carbons (Fsp3) is 0.588. The van der Waals surface area contributed by atoms with Crippen LogP contribution in [0.25, 0.3) is 0 Å². The van der Waals surface area contributed by atoms with Crippen molar-refractivity contribution >= 4 is 11.6 Å². The first-order valence-electron chi connectivity index (χ1n) is 8.03. The van der Waals surface area contributed by atoms with Crippen LogP contribution in [0.5, 0.6) is 0 Å². The van der Waals surface area contributed by atoms with Crippen LogP contribution < -0.4 is 4.90 Å². The molecule has 1 heterocycles. The highest BCUT2D eigenvalue weighted by Gasteiger charge is 2.30. The van der Waals surface area contributed by atoms with Gasteiger partial charge >= 0.3 is 0 Å². The van der Waals surface area contributed by atoms with E-state index in [1.54, 1.807) is 0 Å². The Morgan fingerprint density at radius 1 is 1.33 bits per heavy atom. The Hall–Kier alpha value is -1.39. The van der Waals surface area contributed by atoms with Gasteiger partial charge in [-0.15, -0.1) is 0 Å². The Balaban J connectivity index is 1.64. The van der Waals surface area contributed by atoms with Crippen molar-refractivity contribution in [2.45, 2.75) is 38.1 Å². The molecule has 1 N–H and O–H groups in total. The minimum atomic E-state index is 0.198. The highest BCUT2D eigenvalue weighted by molar-refractivity contribution is 5.96. The fourth-order valence-electron chi connectivity index (χ4n) is 3.27. The number of aliphatic hydroxyl groups is 1. The topological polar surface area (TPSA) is 43.8 Å². The van der Waals surface area contributed by atoms with Gasteiger partial charge < -0.3 is 10.0 Å². The fourth-order valence-corrected chi connectivity index (χ4v) is 3.27. The molecule has 0 aromatic heterocycles. The lowest BCUT2D eigenvalue weighted by Gasteiger charge is -2.37. The van der Waals surface area contributed by atoms with Crippen LogP contribution >= 0.6 is 0 Å². The molecule has 114 valence electrons. The van der Waals surface area contributed by atoms with Crippen molar-refractivity contribution in [2.75, 3.05) is 31.1 Å². The van der Waals surface area contributed by atoms with Gasteiger partial charge in [0.15, 0.2) is 0 Å². The minimum absolute atomic E-state index is 0.198. The summed E-state index contributed by atoms with van der Waals surface area (Å²) in [5.41, 5.74) is 2.36. The smallest absolute Gasteiger partial charge is 0.241 e. The number of amides is 1. The molecule has 1 fully saturated rings. The van der Waals surface area contributed by atoms with Crippen LogP contribution in [-0.2, 0) is 11.2 Å². The average Bonchev–Trinajstić information content (AvgIpc) is 2.86. The SMILES string of the molecule is O=C(CN(CCCO)C1CCC1)N1CCc2ccccc21. The zero-order chi connectivity index (χ0) is 14.7. The molecule has 1 aromatic rings. The molecule has 0 saturated heterocycles. The molecule has 1 aliphatic carbocycles. The molecule has 0 radical (unpaired) electrons. The molecule has 2 aliphatic rings. The van der Waals surface area contributed by atoms with Crippen LogP contribution in [0.3, 0.4) is 0 Å². The molecule has 4 nitrogen and oxygen atoms in total. The number of carbonyl (C=O) groups is 1. The summed E-state index contributed by atoms with van der Waals surface area (Å²) in [6.45, 7) is 2.31. The summed E-state index contributed by atoms with van der Waals surface area (Å²) in [6, 6.07) is 8.73. The van der Waals surface area contributed by atoms with Crippen LogP contribution in [0.2, 0.25) is 0 Å². The molecule has 0 unspecified atom stereocenters. The summed E-state index contributed by atoms with van der Waals surface area (Å²) < 4.78 is 0. The molecule has 4 heteroatoms. The molecule has 1 saturated carbocycles. The lowest BCUT2D eigenvalue weighted by molar-refractivity contribution is -0.120. The summed E-state index contributed by atoms with van der Waals surface area (Å²) in [6.07, 6.45) is 5.36. The van der Waals surface area contributed by atoms with Gasteiger partial charge in [-0.25, -0.2) is 0 Å². The Kier molecular flexibility index (Phi) is 4.56. The number of aliphatic hydroxyl groups excluding tert-OH is 1. The van der Waals surface area contributed by atoms with Gasteiger partial charge in [0.2, 0.25) is 5.91 Å². The maximum atomic E-state index is 12.6. The predicted octanol–water partition coefficient (Wildman–Crippen LogP) is 1.81. The first-order valence-corrected chi connectivity index (χ1v) is 8.03. The Labute approximate surface area is 126 Å². The van der Waals surface area contributed by atoms with Gasteiger partial charge in [-0.3, -0.25) is 9.69 Å². The normalized spacial score (nSPS) is 17.9. The number of nitrogens with zero attached hydrogens (tertiary/aromatic N) is 2. The zero-order valence-electron chi connectivity index (χ0n) is 12.5. The van der Waals surface area contributed by atoms with Crippen LogP contribution in [0.15, 0.2) is 24.3 Å². The zero-order valence-corrected chi connectivity index (χ0v) is 12.5. The van der Waals surface area contributed by atoms with E-state index in [1.165, 1.54) is 24.8 Å². The van der Waals surface area contributed by atoms with Gasteiger partial charge in [-0.2, -0.15) is 0 Å². The third kappa shape index (κ3) is 3.11. The van der Waals surface area contributed by atoms with Crippen molar-refractivity contribution < 1.29 is 9.90 Å². The van der Waals surface area contributed by atoms with Gasteiger partial charge in [0.05, 0.1) is 6.54 Å². The minimum Gasteiger partial charge on any atom is -0.396 e. The Morgan fingerprint density at radius 3 is 2.86 bits per heavy atom. The summed E-state index contributed by atoms with van der Waals surface area (Å²) in [7, 11) is 0. The monoisotopic (exact) mass is 288 g/mol. The highest BCUT2D eigenvalue weighted by atomic mass is 16.3. The second kappa shape index (κ2) is 6.58. The van der Waals surface area contributed by atoms with Crippen LogP contribution in [-0.4, -0.2) is 48.2 Å². The first-order chi connectivity index (χ1) is 10.3. The number of benzene rings is 1. The van der Waals surface area contributed by atoms with Gasteiger partial charge in [-0.05, 0) is 37.3 Å². The predicted molar refractivity (Wildman–Crippen MR) is 83.4 cm³/mol. The molecule has 1 amide bonds. The summed E-state index contributed by atoms with van der Waals surface area (Å²) in [4.78, 5) is 16.8. The lowest BCUT2D eigenvalue weighted by Crippen LogP contribution is -2.47. The second-order valence-corrected chi connectivity index (χ2v) is 6.06. The molecule has 1 aromatic carbocycles. The number of anilines is 1. The van der Waals surface area contributed by atoms with E-state index >= 15 is 0 Å². The number of carbonyl (C=O) groups excluding carboxylic acids is 1. The number of fused-ring (bicyclic) bond motifs is 1. The van der Waals surface area contributed by atoms with E-state index in [0.29, 0.717) is 12.6 Å². The van der Waals surface area contributed by atoms with Crippen molar-refractivity contribution in [3.63, 3.8) is 0 Å². The van der Waals surface area contributed by atoms with E-state index in [1.807, 2.05) is 23.1 Å². The van der Waals surface area contributed by atoms with E-state index < -0.39 is 0 Å². The van der Waals surface area contributed by atoms with Gasteiger partial charge in [0, 0.05) is 31.4 Å². The highest BCUT2D eigenvalue weighted by Crippen LogP contribution is 2.29. The molecule has 3 rings (SSSR count). The van der Waals surface area contributed by atoms with E-state index in [9.17, 15) is 4.79 Å². The second-order valence-electron chi connectivity index (χ2n) is 6.06. The van der Waals surface area contributed by atoms with Crippen molar-refractivity contribution in [3.8, 4) is 0 Å². The van der Waals surface area contributed by atoms with E-state index in [-0.39, 0.29) is 12.5 Å². The van der Waals surface area contributed by atoms with Crippen LogP contribution in [0.1, 0.15) is 31.2 Å². The number of hydrogen-bond acceptors (Lipinski definition) is 3. The number of para-hydroxylation sites is 1. The van der Waals surface area contributed by atoms with E-state index in [2.05, 4.69) is 11.0 Å². The van der Waals surface area contributed by atoms with Crippen molar-refractivity contribution in [2.24, 2.45) is 0 Å². The molecule has 0 spiro atoms. The average molecular weight is 288 g/mol. The van der Waals surface area contributed by atoms with Crippen LogP contribution in [0, 0.1) is 0 Å². The summed E-state index contributed by atoms with van der Waals surface area (Å²) in [5, 5.41) is 9.04. The first kappa shape index (κ1) is 14.5. The molecular weight excluding hydrogens is 264 g/mol. The number of hydrogen-bond donors (Lipinski definition) is 1. The van der Waals surface area contributed by atoms with Crippen molar-refractivity contribution in [3.05, 3.63) is 29.8 Å². The third-order valence-electron chi connectivity index (χ3n) is 4.72. The van der Waals surface area contributed by atoms with Gasteiger partial charge in [-0.1, -0.05) is 24.6 Å². The quantitative estimate of drug-likeness (QED) is 0.868. The summed E-state index contributed by atoms with van der Waals surface area (Å²) >= 11 is 0. The molecule has 1 aliphatic heterocycles. The lowest BCUT2D eigenvalue weighted by atomic mass is 9.91. The van der Waals surface area contributed by atoms with E-state index in [4.69, 9.17) is 5.11 Å². The van der Waals surface area contributed by atoms with Crippen molar-refractivity contribution in [1.82, 2.24) is 4.90 Å². The van der Waals surface area contributed by atoms with Crippen LogP contribution in [0.4, 0.5) is 5.69 Å². The largest absolute Gasteiger partial charge is 0.396 e. The molecule has 21 heavy (non-hydrogen) atoms. The maximum Gasteiger partial charge on any atom is 0.241 e. The molecular formula is C17H24N2O2. The number of rotatable bonds is 6. The molecule has 0 atom stereocenters. The van der Waals surface area contributed by atoms with E-state index in [0.717, 1.165) is 31.6 Å².